The van der Waals surface area contributed by atoms with Gasteiger partial charge in [0, 0.05) is 19.6 Å². The van der Waals surface area contributed by atoms with Crippen LogP contribution >= 0.6 is 0 Å². The Morgan fingerprint density at radius 3 is 2.33 bits per heavy atom. The van der Waals surface area contributed by atoms with E-state index in [9.17, 15) is 14.7 Å². The van der Waals surface area contributed by atoms with E-state index in [1.165, 1.54) is 4.90 Å². The van der Waals surface area contributed by atoms with E-state index in [1.54, 1.807) is 4.90 Å². The third-order valence-corrected chi connectivity index (χ3v) is 3.85. The first-order valence-corrected chi connectivity index (χ1v) is 6.83. The summed E-state index contributed by atoms with van der Waals surface area (Å²) in [6, 6.07) is -0.793. The second-order valence-electron chi connectivity index (χ2n) is 4.80. The Hall–Kier alpha value is -1.26. The highest BCUT2D eigenvalue weighted by molar-refractivity contribution is 5.83. The Morgan fingerprint density at radius 1 is 1.28 bits per heavy atom. The molecule has 1 fully saturated rings. The molecule has 1 aliphatic rings. The van der Waals surface area contributed by atoms with Crippen LogP contribution in [0.4, 0.5) is 4.79 Å². The lowest BCUT2D eigenvalue weighted by Gasteiger charge is -2.39. The van der Waals surface area contributed by atoms with Gasteiger partial charge in [0.05, 0.1) is 0 Å². The van der Waals surface area contributed by atoms with Gasteiger partial charge < -0.3 is 14.9 Å². The van der Waals surface area contributed by atoms with Gasteiger partial charge in [-0.2, -0.15) is 0 Å². The molecule has 5 heteroatoms. The Morgan fingerprint density at radius 2 is 1.89 bits per heavy atom. The lowest BCUT2D eigenvalue weighted by atomic mass is 9.89. The maximum atomic E-state index is 12.3. The number of carboxylic acid groups (broad SMARTS) is 1. The molecule has 2 unspecified atom stereocenters. The van der Waals surface area contributed by atoms with Gasteiger partial charge in [-0.05, 0) is 32.6 Å². The van der Waals surface area contributed by atoms with Crippen LogP contribution < -0.4 is 0 Å². The minimum absolute atomic E-state index is 0.137. The van der Waals surface area contributed by atoms with Crippen LogP contribution in [0.2, 0.25) is 0 Å². The third kappa shape index (κ3) is 3.15. The molecule has 0 aromatic carbocycles. The lowest BCUT2D eigenvalue weighted by molar-refractivity contribution is -0.144. The highest BCUT2D eigenvalue weighted by Crippen LogP contribution is 2.26. The van der Waals surface area contributed by atoms with Crippen molar-refractivity contribution in [2.75, 3.05) is 19.6 Å². The summed E-state index contributed by atoms with van der Waals surface area (Å²) in [7, 11) is 0. The molecule has 5 nitrogen and oxygen atoms in total. The first-order valence-electron chi connectivity index (χ1n) is 6.83. The fourth-order valence-electron chi connectivity index (χ4n) is 2.55. The van der Waals surface area contributed by atoms with Crippen molar-refractivity contribution >= 4 is 12.0 Å². The van der Waals surface area contributed by atoms with E-state index in [4.69, 9.17) is 0 Å². The number of hydrogen-bond acceptors (Lipinski definition) is 2. The van der Waals surface area contributed by atoms with Crippen LogP contribution in [0.25, 0.3) is 0 Å². The molecule has 0 spiro atoms. The number of urea groups is 1. The topological polar surface area (TPSA) is 60.9 Å². The molecule has 0 aliphatic carbocycles. The molecule has 0 saturated carbocycles. The minimum atomic E-state index is -0.881. The summed E-state index contributed by atoms with van der Waals surface area (Å²) in [5.74, 6) is -0.458. The second kappa shape index (κ2) is 6.61. The predicted molar refractivity (Wildman–Crippen MR) is 69.5 cm³/mol. The summed E-state index contributed by atoms with van der Waals surface area (Å²) < 4.78 is 0. The Labute approximate surface area is 109 Å². The van der Waals surface area contributed by atoms with Crippen molar-refractivity contribution in [3.05, 3.63) is 0 Å². The number of piperidine rings is 1. The molecule has 2 amide bonds. The normalized spacial score (nSPS) is 23.8. The molecule has 2 atom stereocenters. The van der Waals surface area contributed by atoms with Crippen molar-refractivity contribution in [1.82, 2.24) is 9.80 Å². The van der Waals surface area contributed by atoms with Crippen molar-refractivity contribution in [2.45, 2.75) is 46.1 Å². The highest BCUT2D eigenvalue weighted by Gasteiger charge is 2.36. The molecule has 18 heavy (non-hydrogen) atoms. The van der Waals surface area contributed by atoms with Crippen molar-refractivity contribution in [3.8, 4) is 0 Å². The third-order valence-electron chi connectivity index (χ3n) is 3.85. The summed E-state index contributed by atoms with van der Waals surface area (Å²) in [5, 5.41) is 9.29. The molecule has 1 heterocycles. The largest absolute Gasteiger partial charge is 0.480 e. The number of carboxylic acids is 1. The summed E-state index contributed by atoms with van der Waals surface area (Å²) in [6.07, 6.45) is 2.48. The fourth-order valence-corrected chi connectivity index (χ4v) is 2.55. The molecular weight excluding hydrogens is 232 g/mol. The molecule has 1 rings (SSSR count). The van der Waals surface area contributed by atoms with Crippen LogP contribution in [0, 0.1) is 5.92 Å². The van der Waals surface area contributed by atoms with Crippen LogP contribution in [0.5, 0.6) is 0 Å². The molecule has 104 valence electrons. The Kier molecular flexibility index (Phi) is 5.44. The van der Waals surface area contributed by atoms with Gasteiger partial charge in [-0.25, -0.2) is 9.59 Å². The van der Waals surface area contributed by atoms with Crippen LogP contribution in [0.3, 0.4) is 0 Å². The van der Waals surface area contributed by atoms with Crippen molar-refractivity contribution in [2.24, 2.45) is 5.92 Å². The molecule has 0 radical (unpaired) electrons. The van der Waals surface area contributed by atoms with Crippen LogP contribution in [0.1, 0.15) is 40.0 Å². The SMILES string of the molecule is CCC1CCN(C(=O)N(CC)CC)C(C(=O)O)C1. The summed E-state index contributed by atoms with van der Waals surface area (Å²) in [5.41, 5.74) is 0. The number of nitrogens with zero attached hydrogens (tertiary/aromatic N) is 2. The average Bonchev–Trinajstić information content (AvgIpc) is 2.39. The Balaban J connectivity index is 2.79. The first kappa shape index (κ1) is 14.8. The van der Waals surface area contributed by atoms with E-state index in [0.717, 1.165) is 12.8 Å². The molecule has 1 saturated heterocycles. The average molecular weight is 256 g/mol. The minimum Gasteiger partial charge on any atom is -0.480 e. The zero-order chi connectivity index (χ0) is 13.7. The van der Waals surface area contributed by atoms with Gasteiger partial charge in [0.15, 0.2) is 0 Å². The number of hydrogen-bond donors (Lipinski definition) is 1. The maximum absolute atomic E-state index is 12.3. The number of carbonyl (C=O) groups is 2. The summed E-state index contributed by atoms with van der Waals surface area (Å²) in [6.45, 7) is 7.70. The van der Waals surface area contributed by atoms with E-state index in [1.807, 2.05) is 13.8 Å². The van der Waals surface area contributed by atoms with E-state index in [-0.39, 0.29) is 6.03 Å². The van der Waals surface area contributed by atoms with Gasteiger partial charge in [-0.15, -0.1) is 0 Å². The van der Waals surface area contributed by atoms with Gasteiger partial charge >= 0.3 is 12.0 Å². The number of aliphatic carboxylic acids is 1. The maximum Gasteiger partial charge on any atom is 0.326 e. The quantitative estimate of drug-likeness (QED) is 0.837. The summed E-state index contributed by atoms with van der Waals surface area (Å²) >= 11 is 0. The van der Waals surface area contributed by atoms with E-state index >= 15 is 0 Å². The van der Waals surface area contributed by atoms with Crippen molar-refractivity contribution in [1.29, 1.82) is 0 Å². The van der Waals surface area contributed by atoms with Gasteiger partial charge in [-0.1, -0.05) is 13.3 Å². The smallest absolute Gasteiger partial charge is 0.326 e. The number of carbonyl (C=O) groups excluding carboxylic acids is 1. The van der Waals surface area contributed by atoms with Gasteiger partial charge in [0.25, 0.3) is 0 Å². The zero-order valence-electron chi connectivity index (χ0n) is 11.6. The van der Waals surface area contributed by atoms with E-state index in [0.29, 0.717) is 32.0 Å². The molecule has 0 aromatic heterocycles. The van der Waals surface area contributed by atoms with Gasteiger partial charge in [-0.3, -0.25) is 0 Å². The lowest BCUT2D eigenvalue weighted by Crippen LogP contribution is -2.54. The number of amides is 2. The first-order chi connectivity index (χ1) is 8.54. The molecule has 0 bridgehead atoms. The molecule has 1 N–H and O–H groups in total. The number of likely N-dealkylation sites (tertiary alicyclic amines) is 1. The van der Waals surface area contributed by atoms with E-state index < -0.39 is 12.0 Å². The fraction of sp³-hybridized carbons (Fsp3) is 0.846. The van der Waals surface area contributed by atoms with Crippen molar-refractivity contribution < 1.29 is 14.7 Å². The standard InChI is InChI=1S/C13H24N2O3/c1-4-10-7-8-15(11(9-10)12(16)17)13(18)14(5-2)6-3/h10-11H,4-9H2,1-3H3,(H,16,17). The van der Waals surface area contributed by atoms with Gasteiger partial charge in [0.2, 0.25) is 0 Å². The van der Waals surface area contributed by atoms with Gasteiger partial charge in [0.1, 0.15) is 6.04 Å². The van der Waals surface area contributed by atoms with Crippen LogP contribution in [0.15, 0.2) is 0 Å². The van der Waals surface area contributed by atoms with E-state index in [2.05, 4.69) is 6.92 Å². The Bertz CT molecular complexity index is 303. The molecule has 0 aromatic rings. The molecule has 1 aliphatic heterocycles. The monoisotopic (exact) mass is 256 g/mol. The zero-order valence-corrected chi connectivity index (χ0v) is 11.6. The van der Waals surface area contributed by atoms with Crippen molar-refractivity contribution in [3.63, 3.8) is 0 Å². The van der Waals surface area contributed by atoms with Crippen LogP contribution in [-0.4, -0.2) is 52.6 Å². The number of rotatable bonds is 4. The second-order valence-corrected chi connectivity index (χ2v) is 4.80. The summed E-state index contributed by atoms with van der Waals surface area (Å²) in [4.78, 5) is 26.8. The molecular formula is C13H24N2O3. The highest BCUT2D eigenvalue weighted by atomic mass is 16.4. The van der Waals surface area contributed by atoms with Crippen LogP contribution in [-0.2, 0) is 4.79 Å². The predicted octanol–water partition coefficient (Wildman–Crippen LogP) is 2.02.